The molecule has 3 heterocycles. The second-order valence-electron chi connectivity index (χ2n) is 9.41. The quantitative estimate of drug-likeness (QED) is 0.253. The van der Waals surface area contributed by atoms with E-state index in [4.69, 9.17) is 8.83 Å². The van der Waals surface area contributed by atoms with Crippen molar-refractivity contribution in [2.45, 2.75) is 46.6 Å². The molecule has 0 fully saturated rings. The number of phenolic OH excluding ortho intramolecular Hbond substituents is 1. The number of fused-ring (bicyclic) bond motifs is 3. The molecular weight excluding hydrogens is 476 g/mol. The lowest BCUT2D eigenvalue weighted by molar-refractivity contribution is -0.141. The van der Waals surface area contributed by atoms with Crippen LogP contribution in [0.3, 0.4) is 0 Å². The van der Waals surface area contributed by atoms with Crippen LogP contribution in [0.5, 0.6) is 5.75 Å². The van der Waals surface area contributed by atoms with Gasteiger partial charge in [0.15, 0.2) is 0 Å². The smallest absolute Gasteiger partial charge is 0.340 e. The first-order chi connectivity index (χ1) is 17.5. The number of amides is 1. The van der Waals surface area contributed by atoms with Gasteiger partial charge in [0.05, 0.1) is 12.0 Å². The van der Waals surface area contributed by atoms with Gasteiger partial charge in [-0.3, -0.25) is 4.79 Å². The summed E-state index contributed by atoms with van der Waals surface area (Å²) in [5.41, 5.74) is 4.23. The number of phenols is 1. The van der Waals surface area contributed by atoms with Gasteiger partial charge in [0.1, 0.15) is 28.7 Å². The maximum atomic E-state index is 12.9. The fraction of sp³-hybridized carbons (Fsp3) is 0.250. The van der Waals surface area contributed by atoms with Crippen LogP contribution in [0.15, 0.2) is 44.1 Å². The van der Waals surface area contributed by atoms with Crippen LogP contribution in [0.25, 0.3) is 32.8 Å². The van der Waals surface area contributed by atoms with Gasteiger partial charge in [-0.15, -0.1) is 0 Å². The van der Waals surface area contributed by atoms with Crippen LogP contribution in [0.4, 0.5) is 0 Å². The van der Waals surface area contributed by atoms with E-state index in [-0.39, 0.29) is 24.2 Å². The standard InChI is InChI=1S/C28H26N2O7/c1-12-15(4)36-25-14(3)26-19(9-18(12)25)13(2)20(28(35)37-26)10-24(32)30-23(27(33)34)7-16-11-29-22-6-5-17(31)8-21(16)22/h5-6,8-9,11,23,29,31H,7,10H2,1-4H3,(H,30,32)(H,33,34)/t23-/m1/s1. The number of aromatic amines is 1. The number of aromatic hydroxyl groups is 1. The number of H-pyrrole nitrogens is 1. The molecule has 0 aliphatic rings. The van der Waals surface area contributed by atoms with Crippen LogP contribution in [0.2, 0.25) is 0 Å². The van der Waals surface area contributed by atoms with Gasteiger partial charge in [-0.05, 0) is 68.7 Å². The monoisotopic (exact) mass is 502 g/mol. The number of hydrogen-bond acceptors (Lipinski definition) is 6. The van der Waals surface area contributed by atoms with Crippen molar-refractivity contribution < 1.29 is 28.6 Å². The molecule has 0 saturated heterocycles. The van der Waals surface area contributed by atoms with Gasteiger partial charge in [0.25, 0.3) is 0 Å². The normalized spacial score (nSPS) is 12.4. The molecule has 2 aromatic carbocycles. The highest BCUT2D eigenvalue weighted by molar-refractivity contribution is 6.00. The minimum absolute atomic E-state index is 0.00781. The first-order valence-electron chi connectivity index (χ1n) is 11.8. The van der Waals surface area contributed by atoms with Crippen LogP contribution in [-0.4, -0.2) is 33.1 Å². The summed E-state index contributed by atoms with van der Waals surface area (Å²) in [5, 5.41) is 24.4. The Bertz CT molecular complexity index is 1790. The first kappa shape index (κ1) is 24.2. The van der Waals surface area contributed by atoms with Gasteiger partial charge in [-0.25, -0.2) is 9.59 Å². The highest BCUT2D eigenvalue weighted by Gasteiger charge is 2.25. The fourth-order valence-corrected chi connectivity index (χ4v) is 4.86. The molecule has 9 heteroatoms. The number of nitrogens with one attached hydrogen (secondary N) is 2. The minimum Gasteiger partial charge on any atom is -0.508 e. The van der Waals surface area contributed by atoms with Crippen molar-refractivity contribution in [1.29, 1.82) is 0 Å². The average molecular weight is 503 g/mol. The van der Waals surface area contributed by atoms with Gasteiger partial charge >= 0.3 is 11.6 Å². The Labute approximate surface area is 210 Å². The van der Waals surface area contributed by atoms with E-state index in [1.165, 1.54) is 12.1 Å². The zero-order valence-electron chi connectivity index (χ0n) is 20.8. The average Bonchev–Trinajstić information content (AvgIpc) is 3.37. The molecule has 37 heavy (non-hydrogen) atoms. The van der Waals surface area contributed by atoms with Crippen molar-refractivity contribution in [3.8, 4) is 5.75 Å². The summed E-state index contributed by atoms with van der Waals surface area (Å²) in [4.78, 5) is 40.8. The Morgan fingerprint density at radius 1 is 0.973 bits per heavy atom. The molecule has 0 aliphatic carbocycles. The summed E-state index contributed by atoms with van der Waals surface area (Å²) in [6.07, 6.45) is 1.31. The third-order valence-corrected chi connectivity index (χ3v) is 7.09. The number of furan rings is 1. The molecule has 5 aromatic rings. The van der Waals surface area contributed by atoms with E-state index in [1.807, 2.05) is 26.8 Å². The van der Waals surface area contributed by atoms with Crippen molar-refractivity contribution in [1.82, 2.24) is 10.3 Å². The van der Waals surface area contributed by atoms with Crippen molar-refractivity contribution in [2.75, 3.05) is 0 Å². The third kappa shape index (κ3) is 4.12. The van der Waals surface area contributed by atoms with Crippen molar-refractivity contribution >= 4 is 44.7 Å². The topological polar surface area (TPSA) is 146 Å². The summed E-state index contributed by atoms with van der Waals surface area (Å²) in [7, 11) is 0. The fourth-order valence-electron chi connectivity index (χ4n) is 4.86. The molecule has 0 unspecified atom stereocenters. The van der Waals surface area contributed by atoms with Crippen LogP contribution in [0, 0.1) is 27.7 Å². The van der Waals surface area contributed by atoms with Gasteiger partial charge < -0.3 is 29.3 Å². The van der Waals surface area contributed by atoms with Crippen molar-refractivity contribution in [3.63, 3.8) is 0 Å². The van der Waals surface area contributed by atoms with Crippen LogP contribution in [-0.2, 0) is 22.4 Å². The van der Waals surface area contributed by atoms with Crippen LogP contribution < -0.4 is 10.9 Å². The van der Waals surface area contributed by atoms with Crippen LogP contribution in [0.1, 0.15) is 33.6 Å². The molecule has 0 saturated carbocycles. The second kappa shape index (κ2) is 8.85. The molecule has 0 spiro atoms. The molecular formula is C28H26N2O7. The number of aryl methyl sites for hydroxylation is 4. The predicted octanol–water partition coefficient (Wildman–Crippen LogP) is 4.31. The largest absolute Gasteiger partial charge is 0.508 e. The lowest BCUT2D eigenvalue weighted by Gasteiger charge is -2.15. The Balaban J connectivity index is 1.45. The highest BCUT2D eigenvalue weighted by atomic mass is 16.4. The lowest BCUT2D eigenvalue weighted by Crippen LogP contribution is -2.43. The number of carbonyl (C=O) groups is 2. The second-order valence-corrected chi connectivity index (χ2v) is 9.41. The van der Waals surface area contributed by atoms with Gasteiger partial charge in [0, 0.05) is 39.9 Å². The highest BCUT2D eigenvalue weighted by Crippen LogP contribution is 2.34. The molecule has 0 aliphatic heterocycles. The van der Waals surface area contributed by atoms with E-state index in [2.05, 4.69) is 10.3 Å². The predicted molar refractivity (Wildman–Crippen MR) is 138 cm³/mol. The number of carboxylic acids is 1. The summed E-state index contributed by atoms with van der Waals surface area (Å²) < 4.78 is 11.5. The summed E-state index contributed by atoms with van der Waals surface area (Å²) in [5.74, 6) is -0.999. The number of hydrogen-bond donors (Lipinski definition) is 4. The van der Waals surface area contributed by atoms with Crippen LogP contribution >= 0.6 is 0 Å². The van der Waals surface area contributed by atoms with Gasteiger partial charge in [-0.2, -0.15) is 0 Å². The van der Waals surface area contributed by atoms with E-state index >= 15 is 0 Å². The SMILES string of the molecule is Cc1oc2c(C)c3oc(=O)c(CC(=O)N[C@H](Cc4c[nH]c5ccc(O)cc45)C(=O)O)c(C)c3cc2c1C. The van der Waals surface area contributed by atoms with Crippen molar-refractivity contribution in [2.24, 2.45) is 0 Å². The maximum absolute atomic E-state index is 12.9. The van der Waals surface area contributed by atoms with E-state index in [0.29, 0.717) is 38.6 Å². The Hall–Kier alpha value is -4.53. The molecule has 1 amide bonds. The first-order valence-corrected chi connectivity index (χ1v) is 11.8. The van der Waals surface area contributed by atoms with Crippen molar-refractivity contribution in [3.05, 3.63) is 74.5 Å². The number of benzene rings is 2. The number of carbonyl (C=O) groups excluding carboxylic acids is 1. The van der Waals surface area contributed by atoms with Gasteiger partial charge in [0.2, 0.25) is 5.91 Å². The molecule has 5 rings (SSSR count). The summed E-state index contributed by atoms with van der Waals surface area (Å²) in [6, 6.07) is 5.41. The summed E-state index contributed by atoms with van der Waals surface area (Å²) >= 11 is 0. The van der Waals surface area contributed by atoms with Gasteiger partial charge in [-0.1, -0.05) is 0 Å². The Morgan fingerprint density at radius 2 is 1.68 bits per heavy atom. The number of aliphatic carboxylic acids is 1. The Kier molecular flexibility index (Phi) is 5.78. The number of rotatable bonds is 6. The molecule has 1 atom stereocenters. The maximum Gasteiger partial charge on any atom is 0.340 e. The van der Waals surface area contributed by atoms with E-state index < -0.39 is 23.5 Å². The number of carboxylic acid groups (broad SMARTS) is 1. The lowest BCUT2D eigenvalue weighted by atomic mass is 9.98. The Morgan fingerprint density at radius 3 is 2.41 bits per heavy atom. The molecule has 9 nitrogen and oxygen atoms in total. The van der Waals surface area contributed by atoms with E-state index in [9.17, 15) is 24.6 Å². The molecule has 0 bridgehead atoms. The number of aromatic nitrogens is 1. The molecule has 190 valence electrons. The zero-order valence-corrected chi connectivity index (χ0v) is 20.8. The minimum atomic E-state index is -1.24. The van der Waals surface area contributed by atoms with E-state index in [0.717, 1.165) is 22.2 Å². The third-order valence-electron chi connectivity index (χ3n) is 7.09. The summed E-state index contributed by atoms with van der Waals surface area (Å²) in [6.45, 7) is 7.40. The molecule has 4 N–H and O–H groups in total. The van der Waals surface area contributed by atoms with E-state index in [1.54, 1.807) is 19.2 Å². The molecule has 3 aromatic heterocycles. The molecule has 0 radical (unpaired) electrons. The zero-order chi connectivity index (χ0) is 26.6.